The molecule has 0 aliphatic rings. The summed E-state index contributed by atoms with van der Waals surface area (Å²) in [6.45, 7) is 2.74. The predicted molar refractivity (Wildman–Crippen MR) is 106 cm³/mol. The number of aromatic nitrogens is 2. The fourth-order valence-corrected chi connectivity index (χ4v) is 3.96. The number of thioether (sulfide) groups is 1. The standard InChI is InChI=1S/C18H20N4OS2/c1-3-4-10-20-16(23)15-13(19)12-14(11-8-6-5-7-9-11)21-18(24-2)22-17(12)25-15/h5-9H,3-4,10,19H2,1-2H3,(H,20,23). The third kappa shape index (κ3) is 3.62. The maximum atomic E-state index is 12.5. The molecular weight excluding hydrogens is 352 g/mol. The molecule has 0 atom stereocenters. The summed E-state index contributed by atoms with van der Waals surface area (Å²) in [6, 6.07) is 9.86. The van der Waals surface area contributed by atoms with E-state index in [4.69, 9.17) is 5.73 Å². The number of carbonyl (C=O) groups excluding carboxylic acids is 1. The second-order valence-electron chi connectivity index (χ2n) is 5.56. The minimum Gasteiger partial charge on any atom is -0.397 e. The summed E-state index contributed by atoms with van der Waals surface area (Å²) in [5, 5.41) is 4.36. The number of nitrogens with one attached hydrogen (secondary N) is 1. The first-order valence-electron chi connectivity index (χ1n) is 8.13. The highest BCUT2D eigenvalue weighted by Crippen LogP contribution is 2.39. The molecule has 0 unspecified atom stereocenters. The maximum Gasteiger partial charge on any atom is 0.263 e. The van der Waals surface area contributed by atoms with E-state index in [-0.39, 0.29) is 5.91 Å². The largest absolute Gasteiger partial charge is 0.397 e. The number of nitrogens with two attached hydrogens (primary N) is 1. The van der Waals surface area contributed by atoms with E-state index in [1.165, 1.54) is 23.1 Å². The third-order valence-corrected chi connectivity index (χ3v) is 5.47. The second kappa shape index (κ2) is 7.84. The topological polar surface area (TPSA) is 80.9 Å². The van der Waals surface area contributed by atoms with E-state index in [1.807, 2.05) is 36.6 Å². The van der Waals surface area contributed by atoms with Crippen LogP contribution in [0.25, 0.3) is 21.5 Å². The molecule has 25 heavy (non-hydrogen) atoms. The Hall–Kier alpha value is -2.12. The molecule has 2 aromatic heterocycles. The summed E-state index contributed by atoms with van der Waals surface area (Å²) in [4.78, 5) is 22.9. The quantitative estimate of drug-likeness (QED) is 0.385. The van der Waals surface area contributed by atoms with Crippen molar-refractivity contribution in [2.45, 2.75) is 24.9 Å². The molecule has 1 aromatic carbocycles. The maximum absolute atomic E-state index is 12.5. The lowest BCUT2D eigenvalue weighted by atomic mass is 10.1. The van der Waals surface area contributed by atoms with E-state index in [0.717, 1.165) is 34.3 Å². The van der Waals surface area contributed by atoms with Crippen LogP contribution in [0.5, 0.6) is 0 Å². The SMILES string of the molecule is CCCCNC(=O)c1sc2nc(SC)nc(-c3ccccc3)c2c1N. The Labute approximate surface area is 155 Å². The molecule has 0 aliphatic heterocycles. The Balaban J connectivity index is 2.12. The number of nitrogen functional groups attached to an aromatic ring is 1. The fraction of sp³-hybridized carbons (Fsp3) is 0.278. The van der Waals surface area contributed by atoms with E-state index >= 15 is 0 Å². The highest BCUT2D eigenvalue weighted by molar-refractivity contribution is 7.98. The van der Waals surface area contributed by atoms with E-state index in [0.29, 0.717) is 22.3 Å². The van der Waals surface area contributed by atoms with Gasteiger partial charge in [0.1, 0.15) is 9.71 Å². The molecule has 0 aliphatic carbocycles. The van der Waals surface area contributed by atoms with E-state index in [9.17, 15) is 4.79 Å². The molecule has 2 heterocycles. The van der Waals surface area contributed by atoms with Crippen molar-refractivity contribution in [1.29, 1.82) is 0 Å². The van der Waals surface area contributed by atoms with Crippen LogP contribution in [0.1, 0.15) is 29.4 Å². The van der Waals surface area contributed by atoms with Gasteiger partial charge in [-0.25, -0.2) is 9.97 Å². The van der Waals surface area contributed by atoms with Crippen molar-refractivity contribution in [3.63, 3.8) is 0 Å². The number of carbonyl (C=O) groups is 1. The molecule has 0 saturated carbocycles. The Bertz CT molecular complexity index is 893. The van der Waals surface area contributed by atoms with Crippen molar-refractivity contribution in [3.05, 3.63) is 35.2 Å². The van der Waals surface area contributed by atoms with Crippen LogP contribution in [0, 0.1) is 0 Å². The van der Waals surface area contributed by atoms with Crippen LogP contribution in [-0.4, -0.2) is 28.7 Å². The molecular formula is C18H20N4OS2. The molecule has 130 valence electrons. The van der Waals surface area contributed by atoms with Crippen molar-refractivity contribution >= 4 is 44.9 Å². The van der Waals surface area contributed by atoms with Gasteiger partial charge in [-0.2, -0.15) is 0 Å². The second-order valence-corrected chi connectivity index (χ2v) is 7.33. The average molecular weight is 373 g/mol. The van der Waals surface area contributed by atoms with Gasteiger partial charge in [-0.15, -0.1) is 11.3 Å². The van der Waals surface area contributed by atoms with Gasteiger partial charge < -0.3 is 11.1 Å². The zero-order valence-electron chi connectivity index (χ0n) is 14.2. The van der Waals surface area contributed by atoms with Gasteiger partial charge in [0.2, 0.25) is 0 Å². The molecule has 3 rings (SSSR count). The molecule has 5 nitrogen and oxygen atoms in total. The highest BCUT2D eigenvalue weighted by atomic mass is 32.2. The molecule has 0 radical (unpaired) electrons. The van der Waals surface area contributed by atoms with Crippen molar-refractivity contribution < 1.29 is 4.79 Å². The number of fused-ring (bicyclic) bond motifs is 1. The van der Waals surface area contributed by atoms with Gasteiger partial charge in [0.25, 0.3) is 5.91 Å². The van der Waals surface area contributed by atoms with Gasteiger partial charge in [0, 0.05) is 12.1 Å². The molecule has 7 heteroatoms. The van der Waals surface area contributed by atoms with Gasteiger partial charge in [-0.3, -0.25) is 4.79 Å². The lowest BCUT2D eigenvalue weighted by molar-refractivity contribution is 0.0958. The van der Waals surface area contributed by atoms with Gasteiger partial charge in [0.15, 0.2) is 5.16 Å². The molecule has 0 saturated heterocycles. The number of unbranched alkanes of at least 4 members (excludes halogenated alkanes) is 1. The molecule has 1 amide bonds. The number of nitrogens with zero attached hydrogens (tertiary/aromatic N) is 2. The number of benzene rings is 1. The predicted octanol–water partition coefficient (Wildman–Crippen LogP) is 4.19. The number of hydrogen-bond donors (Lipinski definition) is 2. The van der Waals surface area contributed by atoms with Crippen LogP contribution in [-0.2, 0) is 0 Å². The van der Waals surface area contributed by atoms with Gasteiger partial charge in [-0.1, -0.05) is 55.4 Å². The summed E-state index contributed by atoms with van der Waals surface area (Å²) >= 11 is 2.80. The minimum absolute atomic E-state index is 0.140. The van der Waals surface area contributed by atoms with Gasteiger partial charge >= 0.3 is 0 Å². The van der Waals surface area contributed by atoms with Crippen molar-refractivity contribution in [1.82, 2.24) is 15.3 Å². The Morgan fingerprint density at radius 3 is 2.72 bits per heavy atom. The molecule has 0 fully saturated rings. The number of amides is 1. The number of rotatable bonds is 6. The summed E-state index contributed by atoms with van der Waals surface area (Å²) in [5.74, 6) is -0.140. The van der Waals surface area contributed by atoms with Gasteiger partial charge in [0.05, 0.1) is 16.8 Å². The zero-order chi connectivity index (χ0) is 17.8. The lowest BCUT2D eigenvalue weighted by Crippen LogP contribution is -2.24. The summed E-state index contributed by atoms with van der Waals surface area (Å²) in [6.07, 6.45) is 3.91. The smallest absolute Gasteiger partial charge is 0.263 e. The zero-order valence-corrected chi connectivity index (χ0v) is 15.8. The van der Waals surface area contributed by atoms with E-state index < -0.39 is 0 Å². The summed E-state index contributed by atoms with van der Waals surface area (Å²) < 4.78 is 0. The monoisotopic (exact) mass is 372 g/mol. The van der Waals surface area contributed by atoms with Crippen LogP contribution in [0.2, 0.25) is 0 Å². The van der Waals surface area contributed by atoms with Crippen LogP contribution < -0.4 is 11.1 Å². The van der Waals surface area contributed by atoms with Crippen LogP contribution in [0.4, 0.5) is 5.69 Å². The lowest BCUT2D eigenvalue weighted by Gasteiger charge is -2.06. The van der Waals surface area contributed by atoms with Crippen molar-refractivity contribution in [3.8, 4) is 11.3 Å². The first-order chi connectivity index (χ1) is 12.2. The molecule has 3 N–H and O–H groups in total. The van der Waals surface area contributed by atoms with Crippen molar-refractivity contribution in [2.75, 3.05) is 18.5 Å². The van der Waals surface area contributed by atoms with Crippen LogP contribution >= 0.6 is 23.1 Å². The number of anilines is 1. The third-order valence-electron chi connectivity index (χ3n) is 3.82. The number of thiophene rings is 1. The Morgan fingerprint density at radius 2 is 2.04 bits per heavy atom. The number of hydrogen-bond acceptors (Lipinski definition) is 6. The Kier molecular flexibility index (Phi) is 5.55. The summed E-state index contributed by atoms with van der Waals surface area (Å²) in [7, 11) is 0. The molecule has 0 spiro atoms. The first-order valence-corrected chi connectivity index (χ1v) is 10.2. The normalized spacial score (nSPS) is 11.0. The average Bonchev–Trinajstić information content (AvgIpc) is 2.98. The molecule has 0 bridgehead atoms. The van der Waals surface area contributed by atoms with E-state index in [2.05, 4.69) is 22.2 Å². The van der Waals surface area contributed by atoms with Crippen LogP contribution in [0.3, 0.4) is 0 Å². The Morgan fingerprint density at radius 1 is 1.28 bits per heavy atom. The van der Waals surface area contributed by atoms with E-state index in [1.54, 1.807) is 0 Å². The highest BCUT2D eigenvalue weighted by Gasteiger charge is 2.21. The fourth-order valence-electron chi connectivity index (χ4n) is 2.53. The van der Waals surface area contributed by atoms with Crippen LogP contribution in [0.15, 0.2) is 35.5 Å². The minimum atomic E-state index is -0.140. The first kappa shape index (κ1) is 17.7. The van der Waals surface area contributed by atoms with Gasteiger partial charge in [-0.05, 0) is 12.7 Å². The van der Waals surface area contributed by atoms with Crippen molar-refractivity contribution in [2.24, 2.45) is 0 Å². The summed E-state index contributed by atoms with van der Waals surface area (Å²) in [5.41, 5.74) is 8.54. The molecule has 3 aromatic rings.